The van der Waals surface area contributed by atoms with Crippen molar-refractivity contribution in [1.29, 1.82) is 5.41 Å². The standard InChI is InChI=1S/C98H126N18O20/c1-58(2)44-73(89(124)109-72(26-20-40-103-97(100)101)96(131)116-41-21-27-79(116)95(130)106-55-86(99)121)110-91(126)75(46-60-52-104-69-24-16-14-22-67(60)69)112-90(125)74(111-94(129)78(56-117)115-92(127)76(47-61-53-105-70-25-17-15-23-68(61)70)113-93(128)77(51-65-54-102-57-107-65)114-88(123)71-35-39-87(122)108-71)45-59-28-33-66(34-29-59)135-42-18-12-10-8-6-7-9-11-13-19-43-136-98(62-30-36-83(132-3)80(118)48-62,63-31-37-84(133-4)81(119)49-63)64-32-38-85(134-5)82(120)50-64/h14-17,22-25,28-34,36-38,48-50,52-54,57-58,71-79,104-105,117-120H,6-13,18-21,26-27,35,39-47,51,55-56H2,1-5H3,(H2,99,121)(H,102,107)(H,106,130)(H,108,122)(H,109,124)(H,110,126)(H,111,129)(H,112,125)(H,113,128)(H,114,123)(H,115,127)(H4,100,101,103)/t71-,72-,73-,74-,75+,76-,77-,78-,79-/m0/s1. The molecule has 38 heteroatoms. The summed E-state index contributed by atoms with van der Waals surface area (Å²) in [5.74, 6) is -8.31. The monoisotopic (exact) mass is 1870 g/mol. The minimum absolute atomic E-state index is 0.00133. The number of phenolic OH excluding ortho intramolecular Hbond substituents is 3. The predicted octanol–water partition coefficient (Wildman–Crippen LogP) is 5.64. The molecule has 2 fully saturated rings. The number of unbranched alkanes of at least 4 members (excludes halogenated alkanes) is 9. The van der Waals surface area contributed by atoms with E-state index in [1.807, 2.05) is 38.1 Å². The van der Waals surface area contributed by atoms with Crippen molar-refractivity contribution >= 4 is 92.7 Å². The molecule has 728 valence electrons. The Hall–Kier alpha value is -14.4. The number of carbonyl (C=O) groups is 11. The van der Waals surface area contributed by atoms with Crippen LogP contribution in [0.5, 0.6) is 40.2 Å². The minimum atomic E-state index is -1.83. The predicted molar refractivity (Wildman–Crippen MR) is 505 cm³/mol. The number of aliphatic hydroxyl groups is 1. The van der Waals surface area contributed by atoms with Gasteiger partial charge in [0.05, 0.1) is 53.1 Å². The van der Waals surface area contributed by atoms with Gasteiger partial charge in [0.15, 0.2) is 40.5 Å². The van der Waals surface area contributed by atoms with Crippen LogP contribution in [0.3, 0.4) is 0 Å². The highest BCUT2D eigenvalue weighted by Crippen LogP contribution is 2.47. The van der Waals surface area contributed by atoms with E-state index < -0.39 is 132 Å². The van der Waals surface area contributed by atoms with Gasteiger partial charge in [0, 0.05) is 92.2 Å². The molecule has 38 nitrogen and oxygen atoms in total. The zero-order valence-electron chi connectivity index (χ0n) is 77.2. The second kappa shape index (κ2) is 50.1. The van der Waals surface area contributed by atoms with Crippen molar-refractivity contribution in [2.24, 2.45) is 17.4 Å². The molecular weight excluding hydrogens is 1750 g/mol. The summed E-state index contributed by atoms with van der Waals surface area (Å²) in [6, 6.07) is 23.5. The topological polar surface area (TPSA) is 575 Å². The summed E-state index contributed by atoms with van der Waals surface area (Å²) in [5, 5.41) is 80.8. The molecule has 0 saturated carbocycles. The SMILES string of the molecule is COc1ccc(C(OCCCCCCCCCCCCOc2ccc(C[C@H](NC(=O)[C@H](CO)NC(=O)[C@H](Cc3c[nH]c4ccccc34)NC(=O)[C@H](Cc3c[nH]cn3)NC(=O)[C@@H]3CCC(=O)N3)C(=O)N[C@H](Cc3c[nH]c4ccccc34)C(=O)N[C@@H](CC(C)C)C(=O)N[C@@H](CCCNC(=N)N)C(=O)N3CCC[C@H]3C(=O)NCC(N)=O)cc2)(c2ccc(OC)c(O)c2)c2ccc(OC)c(O)c2)cc1O. The van der Waals surface area contributed by atoms with Crippen LogP contribution in [-0.2, 0) is 88.8 Å². The number of H-pyrrole nitrogens is 3. The van der Waals surface area contributed by atoms with Gasteiger partial charge in [-0.15, -0.1) is 0 Å². The third-order valence-corrected chi connectivity index (χ3v) is 24.3. The van der Waals surface area contributed by atoms with Crippen LogP contribution in [-0.4, -0.2) is 231 Å². The van der Waals surface area contributed by atoms with E-state index in [1.165, 1.54) is 38.8 Å². The number of guanidine groups is 1. The number of methoxy groups -OCH3 is 3. The maximum atomic E-state index is 15.6. The van der Waals surface area contributed by atoms with Gasteiger partial charge >= 0.3 is 0 Å². The smallest absolute Gasteiger partial charge is 0.245 e. The van der Waals surface area contributed by atoms with Gasteiger partial charge in [-0.2, -0.15) is 0 Å². The number of nitrogens with two attached hydrogens (primary N) is 2. The number of hydrogen-bond donors (Lipinski definition) is 20. The number of nitrogens with one attached hydrogen (secondary N) is 14. The van der Waals surface area contributed by atoms with Crippen molar-refractivity contribution in [3.63, 3.8) is 0 Å². The van der Waals surface area contributed by atoms with Crippen LogP contribution in [0.1, 0.15) is 162 Å². The molecule has 0 spiro atoms. The quantitative estimate of drug-likeness (QED) is 0.00948. The zero-order valence-corrected chi connectivity index (χ0v) is 77.2. The lowest BCUT2D eigenvalue weighted by Crippen LogP contribution is -2.61. The maximum absolute atomic E-state index is 15.6. The van der Waals surface area contributed by atoms with Crippen LogP contribution < -0.4 is 83.6 Å². The summed E-state index contributed by atoms with van der Waals surface area (Å²) in [4.78, 5) is 172. The molecule has 2 saturated heterocycles. The van der Waals surface area contributed by atoms with E-state index in [-0.39, 0.29) is 136 Å². The average molecular weight is 1880 g/mol. The first-order chi connectivity index (χ1) is 65.6. The molecule has 136 heavy (non-hydrogen) atoms. The Balaban J connectivity index is 0.778. The second-order valence-corrected chi connectivity index (χ2v) is 34.6. The van der Waals surface area contributed by atoms with Crippen LogP contribution in [0.15, 0.2) is 152 Å². The fourth-order valence-corrected chi connectivity index (χ4v) is 17.2. The number of para-hydroxylation sites is 2. The molecule has 11 rings (SSSR count). The number of benzene rings is 6. The average Bonchev–Trinajstić information content (AvgIpc) is 0.925. The highest BCUT2D eigenvalue weighted by molar-refractivity contribution is 6.00. The van der Waals surface area contributed by atoms with Gasteiger partial charge in [0.25, 0.3) is 0 Å². The number of nitrogens with zero attached hydrogens (tertiary/aromatic N) is 2. The Morgan fingerprint density at radius 2 is 1.01 bits per heavy atom. The van der Waals surface area contributed by atoms with Crippen molar-refractivity contribution in [2.75, 3.05) is 60.8 Å². The molecule has 11 amide bonds. The number of aromatic nitrogens is 4. The van der Waals surface area contributed by atoms with E-state index >= 15 is 19.2 Å². The Morgan fingerprint density at radius 3 is 1.49 bits per heavy atom. The molecule has 0 unspecified atom stereocenters. The molecule has 0 radical (unpaired) electrons. The molecular formula is C98H126N18O20. The molecule has 0 aliphatic carbocycles. The molecule has 3 aromatic heterocycles. The molecule has 22 N–H and O–H groups in total. The van der Waals surface area contributed by atoms with Crippen LogP contribution in [0, 0.1) is 11.3 Å². The summed E-state index contributed by atoms with van der Waals surface area (Å²) in [6.07, 6.45) is 15.6. The second-order valence-electron chi connectivity index (χ2n) is 34.6. The number of ether oxygens (including phenoxy) is 5. The first kappa shape index (κ1) is 102. The number of fused-ring (bicyclic) bond motifs is 2. The maximum Gasteiger partial charge on any atom is 0.245 e. The van der Waals surface area contributed by atoms with E-state index in [0.717, 1.165) is 57.8 Å². The number of hydrogen-bond acceptors (Lipinski definition) is 22. The Kier molecular flexibility index (Phi) is 37.6. The van der Waals surface area contributed by atoms with E-state index in [9.17, 15) is 54.0 Å². The lowest BCUT2D eigenvalue weighted by Gasteiger charge is -2.36. The van der Waals surface area contributed by atoms with Crippen molar-refractivity contribution in [1.82, 2.24) is 78.0 Å². The van der Waals surface area contributed by atoms with E-state index in [4.69, 9.17) is 40.6 Å². The molecule has 2 aliphatic rings. The number of likely N-dealkylation sites (tertiary alicyclic amines) is 1. The van der Waals surface area contributed by atoms with Gasteiger partial charge in [0.2, 0.25) is 65.0 Å². The van der Waals surface area contributed by atoms with Crippen LogP contribution in [0.2, 0.25) is 0 Å². The number of primary amides is 1. The molecule has 9 atom stereocenters. The summed E-state index contributed by atoms with van der Waals surface area (Å²) in [5.41, 5.74) is 14.4. The highest BCUT2D eigenvalue weighted by Gasteiger charge is 2.43. The van der Waals surface area contributed by atoms with Gasteiger partial charge in [0.1, 0.15) is 65.7 Å². The Morgan fingerprint density at radius 1 is 0.537 bits per heavy atom. The number of amides is 11. The van der Waals surface area contributed by atoms with Crippen molar-refractivity contribution < 1.29 is 96.9 Å². The number of aromatic hydroxyl groups is 3. The third-order valence-electron chi connectivity index (χ3n) is 24.3. The van der Waals surface area contributed by atoms with Gasteiger partial charge in [-0.25, -0.2) is 4.98 Å². The Bertz CT molecular complexity index is 5460. The van der Waals surface area contributed by atoms with Crippen molar-refractivity contribution in [2.45, 2.75) is 209 Å². The summed E-state index contributed by atoms with van der Waals surface area (Å²) >= 11 is 0. The first-order valence-corrected chi connectivity index (χ1v) is 46.1. The Labute approximate surface area is 787 Å². The minimum Gasteiger partial charge on any atom is -0.504 e. The number of phenols is 3. The number of imidazole rings is 1. The zero-order chi connectivity index (χ0) is 97.4. The van der Waals surface area contributed by atoms with E-state index in [2.05, 4.69) is 73.1 Å². The number of aromatic amines is 3. The van der Waals surface area contributed by atoms with Crippen LogP contribution in [0.25, 0.3) is 21.8 Å². The number of aliphatic hydroxyl groups excluding tert-OH is 1. The highest BCUT2D eigenvalue weighted by atomic mass is 16.5. The van der Waals surface area contributed by atoms with Crippen molar-refractivity contribution in [3.05, 3.63) is 191 Å². The van der Waals surface area contributed by atoms with E-state index in [1.54, 1.807) is 116 Å². The van der Waals surface area contributed by atoms with Crippen LogP contribution >= 0.6 is 0 Å². The third kappa shape index (κ3) is 28.1. The number of carbonyl (C=O) groups excluding carboxylic acids is 11. The summed E-state index contributed by atoms with van der Waals surface area (Å²) < 4.78 is 29.3. The normalized spacial score (nSPS) is 15.2. The van der Waals surface area contributed by atoms with Gasteiger partial charge in [-0.1, -0.05) is 132 Å². The molecule has 5 heterocycles. The lowest BCUT2D eigenvalue weighted by atomic mass is 9.79. The fourth-order valence-electron chi connectivity index (χ4n) is 17.2. The summed E-state index contributed by atoms with van der Waals surface area (Å²) in [6.45, 7) is 2.99. The number of rotatable bonds is 54. The largest absolute Gasteiger partial charge is 0.504 e. The fraction of sp³-hybridized carbons (Fsp3) is 0.439. The van der Waals surface area contributed by atoms with Gasteiger partial charge in [-0.05, 0) is 151 Å². The molecule has 9 aromatic rings. The van der Waals surface area contributed by atoms with E-state index in [0.29, 0.717) is 86.1 Å². The van der Waals surface area contributed by atoms with Gasteiger partial charge in [-0.3, -0.25) is 58.1 Å². The molecule has 2 aliphatic heterocycles. The van der Waals surface area contributed by atoms with Crippen LogP contribution in [0.4, 0.5) is 0 Å². The van der Waals surface area contributed by atoms with Gasteiger partial charge < -0.3 is 129 Å². The molecule has 6 aromatic carbocycles. The first-order valence-electron chi connectivity index (χ1n) is 46.1. The lowest BCUT2D eigenvalue weighted by molar-refractivity contribution is -0.142. The molecule has 0 bridgehead atoms. The van der Waals surface area contributed by atoms with Crippen molar-refractivity contribution in [3.8, 4) is 40.2 Å². The summed E-state index contributed by atoms with van der Waals surface area (Å²) in [7, 11) is 4.35.